The Hall–Kier alpha value is -3.86. The van der Waals surface area contributed by atoms with Crippen LogP contribution >= 0.6 is 11.9 Å². The number of pyridine rings is 1. The van der Waals surface area contributed by atoms with E-state index >= 15 is 0 Å². The van der Waals surface area contributed by atoms with Crippen LogP contribution in [0, 0.1) is 11.8 Å². The molecule has 3 heterocycles. The van der Waals surface area contributed by atoms with Gasteiger partial charge in [0.2, 0.25) is 5.91 Å². The van der Waals surface area contributed by atoms with Crippen molar-refractivity contribution < 1.29 is 41.3 Å². The number of alkyl halides is 4. The number of carbonyl (C=O) groups is 1. The molecule has 3 N–H and O–H groups in total. The van der Waals surface area contributed by atoms with E-state index in [0.717, 1.165) is 9.46 Å². The van der Waals surface area contributed by atoms with E-state index in [9.17, 15) is 22.4 Å². The number of ether oxygens (including phenoxy) is 4. The number of imidazole rings is 1. The Morgan fingerprint density at radius 2 is 1.83 bits per heavy atom. The maximum Gasteiger partial charge on any atom is 0.406 e. The molecule has 2 aromatic heterocycles. The lowest BCUT2D eigenvalue weighted by atomic mass is 10.0. The van der Waals surface area contributed by atoms with E-state index in [0.29, 0.717) is 82.8 Å². The molecule has 3 aromatic rings. The van der Waals surface area contributed by atoms with E-state index in [-0.39, 0.29) is 35.9 Å². The molecular weight excluding hydrogens is 720 g/mol. The van der Waals surface area contributed by atoms with Crippen molar-refractivity contribution in [3.8, 4) is 17.6 Å². The molecule has 1 saturated heterocycles. The molecule has 1 fully saturated rings. The minimum Gasteiger partial charge on any atom is -0.495 e. The number of nitrogens with zero attached hydrogens (tertiary/aromatic N) is 5. The van der Waals surface area contributed by atoms with Crippen LogP contribution < -0.4 is 20.7 Å². The lowest BCUT2D eigenvalue weighted by Crippen LogP contribution is -2.46. The van der Waals surface area contributed by atoms with E-state index in [2.05, 4.69) is 37.8 Å². The molecule has 0 saturated carbocycles. The summed E-state index contributed by atoms with van der Waals surface area (Å²) in [4.78, 5) is 22.2. The summed E-state index contributed by atoms with van der Waals surface area (Å²) in [6, 6.07) is 5.13. The molecule has 0 spiro atoms. The quantitative estimate of drug-likeness (QED) is 0.0665. The van der Waals surface area contributed by atoms with Gasteiger partial charge in [0.1, 0.15) is 24.0 Å². The van der Waals surface area contributed by atoms with Crippen molar-refractivity contribution in [1.82, 2.24) is 29.1 Å². The number of benzene rings is 1. The van der Waals surface area contributed by atoms with Crippen molar-refractivity contribution >= 4 is 40.3 Å². The number of likely N-dealkylation sites (tertiary alicyclic amines) is 1. The Bertz CT molecular complexity index is 1670. The molecule has 2 unspecified atom stereocenters. The number of carbonyl (C=O) groups excluding carboxylic acids is 1. The number of piperidine rings is 1. The molecule has 0 radical (unpaired) electrons. The van der Waals surface area contributed by atoms with Crippen LogP contribution in [0.3, 0.4) is 0 Å². The standard InChI is InChI=1S/C35H48F4N8O5S/c1-25(48)41-11-14-50-16-18-52-19-17-51-15-13-46(3)53-26-7-8-29(32(20-26)49-4)42-10-5-6-33-44-34-30(43-28-9-12-45(2)23-27(28)36)21-40-22-31(34)47(33)24-35(37,38)39/h7-8,20-22,27-28,42-43H,9-19,23-24H2,1-4H3,(H,41,48). The van der Waals surface area contributed by atoms with Crippen LogP contribution in [-0.2, 0) is 25.5 Å². The van der Waals surface area contributed by atoms with Crippen LogP contribution in [0.1, 0.15) is 19.2 Å². The Morgan fingerprint density at radius 3 is 2.53 bits per heavy atom. The molecule has 1 amide bonds. The van der Waals surface area contributed by atoms with Crippen molar-refractivity contribution in [3.63, 3.8) is 0 Å². The third kappa shape index (κ3) is 14.1. The van der Waals surface area contributed by atoms with Crippen LogP contribution in [-0.4, -0.2) is 142 Å². The fourth-order valence-electron chi connectivity index (χ4n) is 5.39. The average molecular weight is 769 g/mol. The van der Waals surface area contributed by atoms with Gasteiger partial charge in [-0.3, -0.25) is 9.78 Å². The smallest absolute Gasteiger partial charge is 0.406 e. The van der Waals surface area contributed by atoms with Gasteiger partial charge >= 0.3 is 6.18 Å². The molecule has 4 rings (SSSR count). The number of likely N-dealkylation sites (N-methyl/N-ethyl adjacent to an activating group) is 1. The van der Waals surface area contributed by atoms with Gasteiger partial charge in [-0.2, -0.15) is 13.2 Å². The zero-order valence-corrected chi connectivity index (χ0v) is 31.2. The number of methoxy groups -OCH3 is 1. The highest BCUT2D eigenvalue weighted by Crippen LogP contribution is 2.32. The monoisotopic (exact) mass is 768 g/mol. The highest BCUT2D eigenvalue weighted by atomic mass is 32.2. The topological polar surface area (TPSA) is 127 Å². The van der Waals surface area contributed by atoms with Gasteiger partial charge in [0.15, 0.2) is 5.82 Å². The molecule has 0 bridgehead atoms. The van der Waals surface area contributed by atoms with Crippen molar-refractivity contribution in [3.05, 3.63) is 36.4 Å². The summed E-state index contributed by atoms with van der Waals surface area (Å²) in [7, 11) is 5.34. The van der Waals surface area contributed by atoms with Gasteiger partial charge in [-0.1, -0.05) is 5.92 Å². The summed E-state index contributed by atoms with van der Waals surface area (Å²) in [6.07, 6.45) is -2.38. The average Bonchev–Trinajstić information content (AvgIpc) is 3.44. The SMILES string of the molecule is COc1cc(SN(C)CCOCCOCCOCCNC(C)=O)ccc1NCC#Cc1nc2c(NC3CCN(C)CC3F)cncc2n1CC(F)(F)F. The van der Waals surface area contributed by atoms with Gasteiger partial charge in [0.05, 0.1) is 88.6 Å². The summed E-state index contributed by atoms with van der Waals surface area (Å²) in [5, 5.41) is 8.94. The molecule has 1 aliphatic heterocycles. The fourth-order valence-corrected chi connectivity index (χ4v) is 6.21. The molecule has 2 atom stereocenters. The van der Waals surface area contributed by atoms with Crippen LogP contribution in [0.25, 0.3) is 11.0 Å². The minimum absolute atomic E-state index is 0.0743. The van der Waals surface area contributed by atoms with Gasteiger partial charge in [-0.05, 0) is 56.6 Å². The number of rotatable bonds is 20. The maximum absolute atomic E-state index is 14.8. The highest BCUT2D eigenvalue weighted by molar-refractivity contribution is 7.97. The first-order valence-electron chi connectivity index (χ1n) is 17.2. The molecule has 1 aliphatic rings. The van der Waals surface area contributed by atoms with E-state index in [1.54, 1.807) is 7.11 Å². The van der Waals surface area contributed by atoms with Crippen molar-refractivity contribution in [2.24, 2.45) is 0 Å². The molecular formula is C35H48F4N8O5S. The van der Waals surface area contributed by atoms with Crippen molar-refractivity contribution in [2.45, 2.75) is 43.2 Å². The summed E-state index contributed by atoms with van der Waals surface area (Å²) in [5.41, 5.74) is 1.43. The summed E-state index contributed by atoms with van der Waals surface area (Å²) >= 11 is 1.52. The van der Waals surface area contributed by atoms with E-state index in [4.69, 9.17) is 18.9 Å². The predicted molar refractivity (Wildman–Crippen MR) is 196 cm³/mol. The van der Waals surface area contributed by atoms with E-state index in [1.807, 2.05) is 41.5 Å². The first-order valence-corrected chi connectivity index (χ1v) is 18.0. The second-order valence-corrected chi connectivity index (χ2v) is 13.6. The number of nitrogens with one attached hydrogen (secondary N) is 3. The highest BCUT2D eigenvalue weighted by Gasteiger charge is 2.32. The maximum atomic E-state index is 14.8. The van der Waals surface area contributed by atoms with Crippen molar-refractivity contribution in [1.29, 1.82) is 0 Å². The number of amides is 1. The van der Waals surface area contributed by atoms with Crippen LogP contribution in [0.15, 0.2) is 35.5 Å². The summed E-state index contributed by atoms with van der Waals surface area (Å²) in [6.45, 7) is 5.09. The lowest BCUT2D eigenvalue weighted by Gasteiger charge is -2.33. The zero-order valence-electron chi connectivity index (χ0n) is 30.4. The van der Waals surface area contributed by atoms with E-state index in [1.165, 1.54) is 31.3 Å². The lowest BCUT2D eigenvalue weighted by molar-refractivity contribution is -0.140. The molecule has 292 valence electrons. The number of aromatic nitrogens is 3. The Balaban J connectivity index is 1.27. The second-order valence-electron chi connectivity index (χ2n) is 12.3. The van der Waals surface area contributed by atoms with Crippen LogP contribution in [0.2, 0.25) is 0 Å². The molecule has 53 heavy (non-hydrogen) atoms. The number of hydrogen-bond acceptors (Lipinski definition) is 12. The number of fused-ring (bicyclic) bond motifs is 1. The normalized spacial score (nSPS) is 16.4. The summed E-state index contributed by atoms with van der Waals surface area (Å²) < 4.78 is 80.8. The van der Waals surface area contributed by atoms with Gasteiger partial charge in [-0.25, -0.2) is 13.7 Å². The number of anilines is 2. The molecule has 18 heteroatoms. The summed E-state index contributed by atoms with van der Waals surface area (Å²) in [5.74, 6) is 6.07. The first-order chi connectivity index (χ1) is 25.4. The Morgan fingerprint density at radius 1 is 1.09 bits per heavy atom. The van der Waals surface area contributed by atoms with Crippen LogP contribution in [0.5, 0.6) is 5.75 Å². The molecule has 1 aromatic carbocycles. The first kappa shape index (κ1) is 41.9. The zero-order chi connectivity index (χ0) is 38.2. The number of halogens is 4. The molecule has 0 aliphatic carbocycles. The molecule has 13 nitrogen and oxygen atoms in total. The Kier molecular flexibility index (Phi) is 16.7. The second kappa shape index (κ2) is 21.1. The number of hydrogen-bond donors (Lipinski definition) is 3. The van der Waals surface area contributed by atoms with Gasteiger partial charge in [0.25, 0.3) is 0 Å². The van der Waals surface area contributed by atoms with Crippen LogP contribution in [0.4, 0.5) is 28.9 Å². The van der Waals surface area contributed by atoms with Gasteiger partial charge < -0.3 is 44.4 Å². The van der Waals surface area contributed by atoms with E-state index < -0.39 is 24.9 Å². The third-order valence-corrected chi connectivity index (χ3v) is 8.96. The fraction of sp³-hybridized carbons (Fsp3) is 0.571. The van der Waals surface area contributed by atoms with Gasteiger partial charge in [-0.15, -0.1) is 0 Å². The van der Waals surface area contributed by atoms with Crippen molar-refractivity contribution in [2.75, 3.05) is 104 Å². The third-order valence-electron chi connectivity index (χ3n) is 8.00. The largest absolute Gasteiger partial charge is 0.495 e. The minimum atomic E-state index is -4.53. The predicted octanol–water partition coefficient (Wildman–Crippen LogP) is 4.04. The Labute approximate surface area is 311 Å². The van der Waals surface area contributed by atoms with Gasteiger partial charge in [0, 0.05) is 38.0 Å².